The predicted molar refractivity (Wildman–Crippen MR) is 82.3 cm³/mol. The Bertz CT molecular complexity index is 602. The summed E-state index contributed by atoms with van der Waals surface area (Å²) >= 11 is 0. The van der Waals surface area contributed by atoms with Crippen molar-refractivity contribution in [3.63, 3.8) is 0 Å². The van der Waals surface area contributed by atoms with E-state index < -0.39 is 0 Å². The third kappa shape index (κ3) is 4.06. The molecule has 0 aliphatic carbocycles. The van der Waals surface area contributed by atoms with Crippen molar-refractivity contribution in [1.82, 2.24) is 10.2 Å². The highest BCUT2D eigenvalue weighted by molar-refractivity contribution is 5.92. The number of aromatic amines is 1. The zero-order valence-corrected chi connectivity index (χ0v) is 12.5. The summed E-state index contributed by atoms with van der Waals surface area (Å²) in [5, 5.41) is 13.2. The van der Waals surface area contributed by atoms with Crippen molar-refractivity contribution in [3.05, 3.63) is 41.2 Å². The molecular formula is C15H20N4O2. The number of benzene rings is 1. The number of carbonyl (C=O) groups excluding carboxylic acids is 1. The molecule has 0 radical (unpaired) electrons. The minimum atomic E-state index is -0.170. The average Bonchev–Trinajstić information content (AvgIpc) is 2.76. The van der Waals surface area contributed by atoms with Crippen molar-refractivity contribution in [2.75, 3.05) is 24.4 Å². The van der Waals surface area contributed by atoms with Crippen molar-refractivity contribution in [2.45, 2.75) is 20.4 Å². The fourth-order valence-electron chi connectivity index (χ4n) is 2.06. The normalized spacial score (nSPS) is 10.4. The molecule has 0 unspecified atom stereocenters. The van der Waals surface area contributed by atoms with E-state index in [9.17, 15) is 4.79 Å². The van der Waals surface area contributed by atoms with E-state index in [1.807, 2.05) is 38.1 Å². The van der Waals surface area contributed by atoms with Crippen LogP contribution < -0.4 is 10.6 Å². The first-order chi connectivity index (χ1) is 10.1. The molecule has 1 heterocycles. The van der Waals surface area contributed by atoms with Crippen LogP contribution in [0.5, 0.6) is 0 Å². The van der Waals surface area contributed by atoms with Gasteiger partial charge in [0.15, 0.2) is 0 Å². The highest BCUT2D eigenvalue weighted by Crippen LogP contribution is 2.17. The van der Waals surface area contributed by atoms with Crippen LogP contribution in [0.15, 0.2) is 24.3 Å². The maximum absolute atomic E-state index is 11.5. The van der Waals surface area contributed by atoms with Crippen LogP contribution in [0.3, 0.4) is 0 Å². The zero-order chi connectivity index (χ0) is 15.2. The molecule has 1 aromatic carbocycles. The maximum Gasteiger partial charge on any atom is 0.250 e. The number of ether oxygens (including phenoxy) is 1. The molecule has 6 nitrogen and oxygen atoms in total. The molecular weight excluding hydrogens is 268 g/mol. The second kappa shape index (κ2) is 6.90. The number of nitrogens with zero attached hydrogens (tertiary/aromatic N) is 1. The fourth-order valence-corrected chi connectivity index (χ4v) is 2.06. The summed E-state index contributed by atoms with van der Waals surface area (Å²) < 4.78 is 4.79. The second-order valence-corrected chi connectivity index (χ2v) is 4.83. The quantitative estimate of drug-likeness (QED) is 0.761. The number of rotatable bonds is 6. The molecule has 0 saturated carbocycles. The van der Waals surface area contributed by atoms with E-state index in [1.165, 1.54) is 7.11 Å². The van der Waals surface area contributed by atoms with E-state index >= 15 is 0 Å². The molecule has 1 aromatic heterocycles. The molecule has 3 N–H and O–H groups in total. The molecule has 0 fully saturated rings. The Labute approximate surface area is 123 Å². The Morgan fingerprint density at radius 3 is 2.76 bits per heavy atom. The lowest BCUT2D eigenvalue weighted by atomic mass is 10.2. The number of nitrogens with one attached hydrogen (secondary N) is 3. The van der Waals surface area contributed by atoms with Crippen LogP contribution in [-0.2, 0) is 16.1 Å². The molecule has 0 atom stereocenters. The lowest BCUT2D eigenvalue weighted by Gasteiger charge is -2.09. The van der Waals surface area contributed by atoms with Crippen molar-refractivity contribution in [3.8, 4) is 0 Å². The standard InChI is InChI=1S/C15H20N4O2/c1-10-14(11(2)19-18-10)8-16-12-5-4-6-13(7-12)17-15(20)9-21-3/h4-7,16H,8-9H2,1-3H3,(H,17,20)(H,18,19). The van der Waals surface area contributed by atoms with Crippen LogP contribution in [-0.4, -0.2) is 29.8 Å². The van der Waals surface area contributed by atoms with Gasteiger partial charge in [-0.2, -0.15) is 5.10 Å². The molecule has 0 saturated heterocycles. The van der Waals surface area contributed by atoms with Gasteiger partial charge in [-0.3, -0.25) is 9.89 Å². The molecule has 0 aliphatic heterocycles. The van der Waals surface area contributed by atoms with Crippen LogP contribution in [0, 0.1) is 13.8 Å². The summed E-state index contributed by atoms with van der Waals surface area (Å²) in [7, 11) is 1.49. The average molecular weight is 288 g/mol. The summed E-state index contributed by atoms with van der Waals surface area (Å²) in [6.07, 6.45) is 0. The van der Waals surface area contributed by atoms with Crippen LogP contribution in [0.2, 0.25) is 0 Å². The Morgan fingerprint density at radius 2 is 2.10 bits per heavy atom. The summed E-state index contributed by atoms with van der Waals surface area (Å²) in [6, 6.07) is 7.57. The van der Waals surface area contributed by atoms with Gasteiger partial charge in [-0.05, 0) is 32.0 Å². The molecule has 1 amide bonds. The van der Waals surface area contributed by atoms with E-state index in [0.717, 1.165) is 28.3 Å². The summed E-state index contributed by atoms with van der Waals surface area (Å²) in [6.45, 7) is 4.70. The first-order valence-electron chi connectivity index (χ1n) is 6.73. The highest BCUT2D eigenvalue weighted by Gasteiger charge is 2.06. The minimum absolute atomic E-state index is 0.0467. The van der Waals surface area contributed by atoms with Gasteiger partial charge in [-0.15, -0.1) is 0 Å². The highest BCUT2D eigenvalue weighted by atomic mass is 16.5. The Morgan fingerprint density at radius 1 is 1.33 bits per heavy atom. The number of methoxy groups -OCH3 is 1. The van der Waals surface area contributed by atoms with Crippen molar-refractivity contribution in [2.24, 2.45) is 0 Å². The van der Waals surface area contributed by atoms with Gasteiger partial charge in [-0.1, -0.05) is 6.07 Å². The van der Waals surface area contributed by atoms with E-state index in [2.05, 4.69) is 20.8 Å². The topological polar surface area (TPSA) is 79.0 Å². The van der Waals surface area contributed by atoms with E-state index in [0.29, 0.717) is 6.54 Å². The van der Waals surface area contributed by atoms with Gasteiger partial charge in [0, 0.05) is 36.3 Å². The number of amides is 1. The molecule has 112 valence electrons. The maximum atomic E-state index is 11.5. The van der Waals surface area contributed by atoms with Gasteiger partial charge in [-0.25, -0.2) is 0 Å². The van der Waals surface area contributed by atoms with E-state index in [-0.39, 0.29) is 12.5 Å². The smallest absolute Gasteiger partial charge is 0.250 e. The molecule has 0 spiro atoms. The van der Waals surface area contributed by atoms with Gasteiger partial charge in [0.05, 0.1) is 5.69 Å². The van der Waals surface area contributed by atoms with Gasteiger partial charge in [0.1, 0.15) is 6.61 Å². The fraction of sp³-hybridized carbons (Fsp3) is 0.333. The van der Waals surface area contributed by atoms with Gasteiger partial charge in [0.2, 0.25) is 5.91 Å². The summed E-state index contributed by atoms with van der Waals surface area (Å²) in [4.78, 5) is 11.5. The number of hydrogen-bond donors (Lipinski definition) is 3. The van der Waals surface area contributed by atoms with E-state index in [1.54, 1.807) is 0 Å². The number of H-pyrrole nitrogens is 1. The lowest BCUT2D eigenvalue weighted by molar-refractivity contribution is -0.119. The Hall–Kier alpha value is -2.34. The lowest BCUT2D eigenvalue weighted by Crippen LogP contribution is -2.17. The third-order valence-electron chi connectivity index (χ3n) is 3.17. The van der Waals surface area contributed by atoms with Gasteiger partial charge in [0.25, 0.3) is 0 Å². The first-order valence-corrected chi connectivity index (χ1v) is 6.73. The summed E-state index contributed by atoms with van der Waals surface area (Å²) in [5.41, 5.74) is 4.88. The molecule has 6 heteroatoms. The SMILES string of the molecule is COCC(=O)Nc1cccc(NCc2c(C)n[nH]c2C)c1. The Balaban J connectivity index is 1.99. The molecule has 21 heavy (non-hydrogen) atoms. The third-order valence-corrected chi connectivity index (χ3v) is 3.17. The molecule has 2 aromatic rings. The van der Waals surface area contributed by atoms with Crippen molar-refractivity contribution in [1.29, 1.82) is 0 Å². The van der Waals surface area contributed by atoms with Gasteiger partial charge < -0.3 is 15.4 Å². The summed E-state index contributed by atoms with van der Waals surface area (Å²) in [5.74, 6) is -0.170. The van der Waals surface area contributed by atoms with E-state index in [4.69, 9.17) is 4.74 Å². The first kappa shape index (κ1) is 15.1. The predicted octanol–water partition coefficient (Wildman–Crippen LogP) is 2.22. The molecule has 0 aliphatic rings. The van der Waals surface area contributed by atoms with Crippen LogP contribution >= 0.6 is 0 Å². The van der Waals surface area contributed by atoms with Crippen LogP contribution in [0.4, 0.5) is 11.4 Å². The minimum Gasteiger partial charge on any atom is -0.381 e. The number of carbonyl (C=O) groups is 1. The molecule has 0 bridgehead atoms. The monoisotopic (exact) mass is 288 g/mol. The Kier molecular flexibility index (Phi) is 4.94. The number of aryl methyl sites for hydroxylation is 2. The van der Waals surface area contributed by atoms with Crippen molar-refractivity contribution >= 4 is 17.3 Å². The zero-order valence-electron chi connectivity index (χ0n) is 12.5. The number of anilines is 2. The second-order valence-electron chi connectivity index (χ2n) is 4.83. The van der Waals surface area contributed by atoms with Crippen LogP contribution in [0.1, 0.15) is 17.0 Å². The van der Waals surface area contributed by atoms with Crippen LogP contribution in [0.25, 0.3) is 0 Å². The molecule has 2 rings (SSSR count). The van der Waals surface area contributed by atoms with Gasteiger partial charge >= 0.3 is 0 Å². The largest absolute Gasteiger partial charge is 0.381 e. The number of hydrogen-bond acceptors (Lipinski definition) is 4. The number of aromatic nitrogens is 2. The van der Waals surface area contributed by atoms with Crippen molar-refractivity contribution < 1.29 is 9.53 Å².